The van der Waals surface area contributed by atoms with E-state index in [0.717, 1.165) is 5.56 Å². The molecule has 0 bridgehead atoms. The molecule has 2 rings (SSSR count). The summed E-state index contributed by atoms with van der Waals surface area (Å²) in [7, 11) is -3.56. The minimum absolute atomic E-state index is 0.0952. The van der Waals surface area contributed by atoms with Crippen molar-refractivity contribution in [1.82, 2.24) is 4.72 Å². The molecule has 27 heavy (non-hydrogen) atoms. The molecule has 0 aliphatic carbocycles. The molecule has 1 amide bonds. The molecule has 0 heterocycles. The lowest BCUT2D eigenvalue weighted by Crippen LogP contribution is -2.23. The predicted molar refractivity (Wildman–Crippen MR) is 102 cm³/mol. The van der Waals surface area contributed by atoms with E-state index in [4.69, 9.17) is 5.11 Å². The Morgan fingerprint density at radius 2 is 1.63 bits per heavy atom. The average Bonchev–Trinajstić information content (AvgIpc) is 2.63. The summed E-state index contributed by atoms with van der Waals surface area (Å²) in [5, 5.41) is 11.7. The Labute approximate surface area is 158 Å². The average molecular weight is 390 g/mol. The Balaban J connectivity index is 2.03. The third-order valence-corrected chi connectivity index (χ3v) is 5.50. The van der Waals surface area contributed by atoms with Crippen LogP contribution in [0.5, 0.6) is 0 Å². The molecule has 0 fully saturated rings. The first-order valence-corrected chi connectivity index (χ1v) is 9.94. The van der Waals surface area contributed by atoms with Crippen molar-refractivity contribution >= 4 is 27.6 Å². The van der Waals surface area contributed by atoms with Crippen LogP contribution in [-0.4, -0.2) is 31.9 Å². The molecule has 0 radical (unpaired) electrons. The highest BCUT2D eigenvalue weighted by Crippen LogP contribution is 2.16. The smallest absolute Gasteiger partial charge is 0.306 e. The molecule has 0 aliphatic heterocycles. The van der Waals surface area contributed by atoms with Crippen molar-refractivity contribution in [3.63, 3.8) is 0 Å². The molecule has 0 aromatic heterocycles. The largest absolute Gasteiger partial charge is 0.481 e. The molecule has 144 valence electrons. The lowest BCUT2D eigenvalue weighted by atomic mass is 10.0. The minimum atomic E-state index is -3.56. The van der Waals surface area contributed by atoms with Crippen LogP contribution < -0.4 is 10.0 Å². The second kappa shape index (κ2) is 8.79. The van der Waals surface area contributed by atoms with Crippen molar-refractivity contribution in [3.8, 4) is 0 Å². The number of rotatable bonds is 8. The predicted octanol–water partition coefficient (Wildman–Crippen LogP) is 2.50. The molecule has 8 heteroatoms. The number of aliphatic carboxylic acids is 1. The van der Waals surface area contributed by atoms with Gasteiger partial charge in [0, 0.05) is 17.8 Å². The number of carbonyl (C=O) groups excluding carboxylic acids is 1. The number of nitrogens with one attached hydrogen (secondary N) is 2. The SMILES string of the molecule is CCNS(=O)(=O)c1ccc(C(=O)Nc2ccc(CC(C)C(=O)O)cc2)cc1. The number of anilines is 1. The Bertz CT molecular complexity index is 906. The Hall–Kier alpha value is -2.71. The Morgan fingerprint density at radius 3 is 2.15 bits per heavy atom. The van der Waals surface area contributed by atoms with Crippen molar-refractivity contribution in [1.29, 1.82) is 0 Å². The normalized spacial score (nSPS) is 12.4. The van der Waals surface area contributed by atoms with Gasteiger partial charge in [0.2, 0.25) is 10.0 Å². The number of carboxylic acid groups (broad SMARTS) is 1. The molecule has 7 nitrogen and oxygen atoms in total. The quantitative estimate of drug-likeness (QED) is 0.641. The van der Waals surface area contributed by atoms with Crippen LogP contribution in [-0.2, 0) is 21.2 Å². The standard InChI is InChI=1S/C19H22N2O5S/c1-3-20-27(25,26)17-10-6-15(7-11-17)18(22)21-16-8-4-14(5-9-16)12-13(2)19(23)24/h4-11,13,20H,3,12H2,1-2H3,(H,21,22)(H,23,24). The maximum Gasteiger partial charge on any atom is 0.306 e. The van der Waals surface area contributed by atoms with E-state index in [1.54, 1.807) is 38.1 Å². The fraction of sp³-hybridized carbons (Fsp3) is 0.263. The topological polar surface area (TPSA) is 113 Å². The third kappa shape index (κ3) is 5.63. The Kier molecular flexibility index (Phi) is 6.70. The van der Waals surface area contributed by atoms with Gasteiger partial charge >= 0.3 is 5.97 Å². The molecule has 1 atom stereocenters. The molecule has 0 spiro atoms. The zero-order valence-electron chi connectivity index (χ0n) is 15.1. The maximum atomic E-state index is 12.3. The van der Waals surface area contributed by atoms with Crippen LogP contribution in [0.15, 0.2) is 53.4 Å². The van der Waals surface area contributed by atoms with E-state index < -0.39 is 21.9 Å². The highest BCUT2D eigenvalue weighted by Gasteiger charge is 2.14. The lowest BCUT2D eigenvalue weighted by molar-refractivity contribution is -0.141. The second-order valence-corrected chi connectivity index (χ2v) is 7.89. The van der Waals surface area contributed by atoms with Crippen LogP contribution in [0.25, 0.3) is 0 Å². The monoisotopic (exact) mass is 390 g/mol. The van der Waals surface area contributed by atoms with Crippen LogP contribution in [0.3, 0.4) is 0 Å². The van der Waals surface area contributed by atoms with Gasteiger partial charge in [-0.15, -0.1) is 0 Å². The van der Waals surface area contributed by atoms with Crippen LogP contribution >= 0.6 is 0 Å². The van der Waals surface area contributed by atoms with Gasteiger partial charge in [-0.2, -0.15) is 0 Å². The van der Waals surface area contributed by atoms with E-state index in [1.165, 1.54) is 24.3 Å². The molecule has 0 saturated carbocycles. The summed E-state index contributed by atoms with van der Waals surface area (Å²) in [5.41, 5.74) is 1.76. The van der Waals surface area contributed by atoms with Gasteiger partial charge in [0.1, 0.15) is 0 Å². The van der Waals surface area contributed by atoms with Gasteiger partial charge in [0.05, 0.1) is 10.8 Å². The maximum absolute atomic E-state index is 12.3. The molecule has 0 aliphatic rings. The van der Waals surface area contributed by atoms with Crippen LogP contribution in [0.4, 0.5) is 5.69 Å². The fourth-order valence-corrected chi connectivity index (χ4v) is 3.47. The first kappa shape index (κ1) is 20.6. The van der Waals surface area contributed by atoms with Crippen molar-refractivity contribution in [2.24, 2.45) is 5.92 Å². The van der Waals surface area contributed by atoms with E-state index >= 15 is 0 Å². The summed E-state index contributed by atoms with van der Waals surface area (Å²) in [4.78, 5) is 23.3. The zero-order chi connectivity index (χ0) is 20.0. The number of carbonyl (C=O) groups is 2. The van der Waals surface area contributed by atoms with Crippen molar-refractivity contribution in [3.05, 3.63) is 59.7 Å². The summed E-state index contributed by atoms with van der Waals surface area (Å²) >= 11 is 0. The molecule has 1 unspecified atom stereocenters. The van der Waals surface area contributed by atoms with Gasteiger partial charge in [-0.25, -0.2) is 13.1 Å². The van der Waals surface area contributed by atoms with Gasteiger partial charge < -0.3 is 10.4 Å². The number of carboxylic acids is 1. The molecular weight excluding hydrogens is 368 g/mol. The molecule has 0 saturated heterocycles. The summed E-state index contributed by atoms with van der Waals surface area (Å²) in [5.74, 6) is -1.71. The van der Waals surface area contributed by atoms with Crippen molar-refractivity contribution in [2.75, 3.05) is 11.9 Å². The van der Waals surface area contributed by atoms with Gasteiger partial charge in [-0.1, -0.05) is 26.0 Å². The van der Waals surface area contributed by atoms with E-state index in [9.17, 15) is 18.0 Å². The van der Waals surface area contributed by atoms with Crippen LogP contribution in [0.2, 0.25) is 0 Å². The first-order valence-electron chi connectivity index (χ1n) is 8.45. The zero-order valence-corrected chi connectivity index (χ0v) is 15.9. The van der Waals surface area contributed by atoms with Gasteiger partial charge in [-0.3, -0.25) is 9.59 Å². The number of sulfonamides is 1. The number of benzene rings is 2. The molecule has 2 aromatic rings. The van der Waals surface area contributed by atoms with E-state index in [1.807, 2.05) is 0 Å². The molecule has 3 N–H and O–H groups in total. The number of hydrogen-bond donors (Lipinski definition) is 3. The summed E-state index contributed by atoms with van der Waals surface area (Å²) in [6.07, 6.45) is 0.408. The lowest BCUT2D eigenvalue weighted by Gasteiger charge is -2.09. The summed E-state index contributed by atoms with van der Waals surface area (Å²) in [6, 6.07) is 12.6. The summed E-state index contributed by atoms with van der Waals surface area (Å²) < 4.78 is 26.2. The minimum Gasteiger partial charge on any atom is -0.481 e. The van der Waals surface area contributed by atoms with Crippen LogP contribution in [0.1, 0.15) is 29.8 Å². The molecule has 2 aromatic carbocycles. The van der Waals surface area contributed by atoms with Crippen molar-refractivity contribution < 1.29 is 23.1 Å². The first-order chi connectivity index (χ1) is 12.7. The second-order valence-electron chi connectivity index (χ2n) is 6.12. The van der Waals surface area contributed by atoms with Crippen LogP contribution in [0, 0.1) is 5.92 Å². The van der Waals surface area contributed by atoms with E-state index in [2.05, 4.69) is 10.0 Å². The van der Waals surface area contributed by atoms with Crippen molar-refractivity contribution in [2.45, 2.75) is 25.2 Å². The van der Waals surface area contributed by atoms with E-state index in [-0.39, 0.29) is 17.3 Å². The van der Waals surface area contributed by atoms with E-state index in [0.29, 0.717) is 17.7 Å². The highest BCUT2D eigenvalue weighted by molar-refractivity contribution is 7.89. The Morgan fingerprint density at radius 1 is 1.04 bits per heavy atom. The highest BCUT2D eigenvalue weighted by atomic mass is 32.2. The number of hydrogen-bond acceptors (Lipinski definition) is 4. The summed E-state index contributed by atoms with van der Waals surface area (Å²) in [6.45, 7) is 3.61. The fourth-order valence-electron chi connectivity index (χ4n) is 2.43. The molecular formula is C19H22N2O5S. The van der Waals surface area contributed by atoms with Gasteiger partial charge in [0.25, 0.3) is 5.91 Å². The number of amides is 1. The third-order valence-electron chi connectivity index (χ3n) is 3.94. The van der Waals surface area contributed by atoms with Gasteiger partial charge in [-0.05, 0) is 48.4 Å². The van der Waals surface area contributed by atoms with Gasteiger partial charge in [0.15, 0.2) is 0 Å².